The molecule has 0 aromatic carbocycles. The molecule has 1 saturated heterocycles. The molecule has 2 rings (SSSR count). The molecule has 1 aromatic heterocycles. The lowest BCUT2D eigenvalue weighted by Gasteiger charge is -2.31. The highest BCUT2D eigenvalue weighted by molar-refractivity contribution is 7.99. The summed E-state index contributed by atoms with van der Waals surface area (Å²) in [7, 11) is 3.37. The third-order valence-corrected chi connectivity index (χ3v) is 4.24. The van der Waals surface area contributed by atoms with Crippen molar-refractivity contribution in [2.24, 2.45) is 0 Å². The fourth-order valence-corrected chi connectivity index (χ4v) is 3.29. The van der Waals surface area contributed by atoms with Gasteiger partial charge in [0.15, 0.2) is 0 Å². The van der Waals surface area contributed by atoms with Crippen LogP contribution in [0.25, 0.3) is 0 Å². The van der Waals surface area contributed by atoms with Gasteiger partial charge >= 0.3 is 5.97 Å². The Balaban J connectivity index is 2.36. The van der Waals surface area contributed by atoms with E-state index in [1.807, 2.05) is 18.8 Å². The maximum absolute atomic E-state index is 11.6. The van der Waals surface area contributed by atoms with E-state index in [0.29, 0.717) is 11.5 Å². The smallest absolute Gasteiger partial charge is 0.343 e. The standard InChI is InChI=1S/C12H18N4O2S/c1-7-9(12(17)18-3)10(13)15-11(14-7)8-6-19-5-4-16(8)2/h8H,4-6H2,1-3H3,(H2,13,14,15). The van der Waals surface area contributed by atoms with Crippen molar-refractivity contribution >= 4 is 23.5 Å². The van der Waals surface area contributed by atoms with E-state index in [4.69, 9.17) is 10.5 Å². The number of esters is 1. The first kappa shape index (κ1) is 14.1. The van der Waals surface area contributed by atoms with Gasteiger partial charge in [-0.15, -0.1) is 0 Å². The molecule has 7 heteroatoms. The number of aryl methyl sites for hydroxylation is 1. The molecular formula is C12H18N4O2S. The van der Waals surface area contributed by atoms with Crippen LogP contribution in [0.3, 0.4) is 0 Å². The predicted molar refractivity (Wildman–Crippen MR) is 75.2 cm³/mol. The highest BCUT2D eigenvalue weighted by atomic mass is 32.2. The molecule has 2 N–H and O–H groups in total. The number of nitrogens with zero attached hydrogens (tertiary/aromatic N) is 3. The first-order valence-corrected chi connectivity index (χ1v) is 7.20. The van der Waals surface area contributed by atoms with E-state index in [2.05, 4.69) is 14.9 Å². The number of hydrogen-bond donors (Lipinski definition) is 1. The van der Waals surface area contributed by atoms with Gasteiger partial charge in [0.2, 0.25) is 0 Å². The van der Waals surface area contributed by atoms with Crippen molar-refractivity contribution in [3.63, 3.8) is 0 Å². The second kappa shape index (κ2) is 5.75. The van der Waals surface area contributed by atoms with Crippen molar-refractivity contribution in [1.29, 1.82) is 0 Å². The van der Waals surface area contributed by atoms with Gasteiger partial charge in [-0.1, -0.05) is 0 Å². The number of nitrogen functional groups attached to an aromatic ring is 1. The Kier molecular flexibility index (Phi) is 4.26. The quantitative estimate of drug-likeness (QED) is 0.806. The van der Waals surface area contributed by atoms with E-state index < -0.39 is 5.97 Å². The molecule has 2 heterocycles. The average molecular weight is 282 g/mol. The summed E-state index contributed by atoms with van der Waals surface area (Å²) in [6, 6.07) is 0.145. The molecule has 1 fully saturated rings. The topological polar surface area (TPSA) is 81.3 Å². The zero-order valence-corrected chi connectivity index (χ0v) is 12.2. The molecule has 1 aliphatic heterocycles. The molecule has 1 aliphatic rings. The molecule has 1 aromatic rings. The molecule has 0 bridgehead atoms. The number of nitrogens with two attached hydrogens (primary N) is 1. The minimum Gasteiger partial charge on any atom is -0.465 e. The third kappa shape index (κ3) is 2.82. The molecule has 1 unspecified atom stereocenters. The van der Waals surface area contributed by atoms with Crippen LogP contribution in [-0.2, 0) is 4.74 Å². The fourth-order valence-electron chi connectivity index (χ4n) is 2.08. The lowest BCUT2D eigenvalue weighted by Crippen LogP contribution is -2.34. The molecule has 0 aliphatic carbocycles. The molecule has 0 amide bonds. The number of methoxy groups -OCH3 is 1. The minimum atomic E-state index is -0.493. The monoisotopic (exact) mass is 282 g/mol. The van der Waals surface area contributed by atoms with E-state index in [1.165, 1.54) is 7.11 Å². The SMILES string of the molecule is COC(=O)c1c(C)nc(C2CSCCN2C)nc1N. The van der Waals surface area contributed by atoms with Gasteiger partial charge < -0.3 is 10.5 Å². The van der Waals surface area contributed by atoms with Crippen molar-refractivity contribution in [3.05, 3.63) is 17.1 Å². The number of carbonyl (C=O) groups is 1. The second-order valence-electron chi connectivity index (χ2n) is 4.49. The Labute approximate surface area is 116 Å². The molecule has 104 valence electrons. The number of anilines is 1. The van der Waals surface area contributed by atoms with Crippen LogP contribution in [0.4, 0.5) is 5.82 Å². The summed E-state index contributed by atoms with van der Waals surface area (Å²) < 4.78 is 4.69. The molecule has 0 spiro atoms. The Morgan fingerprint density at radius 1 is 1.53 bits per heavy atom. The normalized spacial score (nSPS) is 20.3. The van der Waals surface area contributed by atoms with Gasteiger partial charge in [0.05, 0.1) is 18.8 Å². The van der Waals surface area contributed by atoms with Gasteiger partial charge in [0.25, 0.3) is 0 Å². The maximum atomic E-state index is 11.6. The fraction of sp³-hybridized carbons (Fsp3) is 0.583. The molecule has 1 atom stereocenters. The van der Waals surface area contributed by atoms with Crippen molar-refractivity contribution in [3.8, 4) is 0 Å². The van der Waals surface area contributed by atoms with Crippen molar-refractivity contribution in [2.45, 2.75) is 13.0 Å². The molecule has 19 heavy (non-hydrogen) atoms. The van der Waals surface area contributed by atoms with E-state index in [9.17, 15) is 4.79 Å². The summed E-state index contributed by atoms with van der Waals surface area (Å²) in [4.78, 5) is 22.5. The van der Waals surface area contributed by atoms with Gasteiger partial charge in [-0.05, 0) is 14.0 Å². The lowest BCUT2D eigenvalue weighted by molar-refractivity contribution is 0.0600. The molecule has 0 saturated carbocycles. The van der Waals surface area contributed by atoms with Crippen LogP contribution in [0.5, 0.6) is 0 Å². The highest BCUT2D eigenvalue weighted by Crippen LogP contribution is 2.27. The summed E-state index contributed by atoms with van der Waals surface area (Å²) in [5.41, 5.74) is 6.70. The van der Waals surface area contributed by atoms with Crippen LogP contribution in [0, 0.1) is 6.92 Å². The summed E-state index contributed by atoms with van der Waals surface area (Å²) in [6.07, 6.45) is 0. The molecule has 6 nitrogen and oxygen atoms in total. The van der Waals surface area contributed by atoms with Gasteiger partial charge in [-0.2, -0.15) is 11.8 Å². The zero-order valence-electron chi connectivity index (χ0n) is 11.3. The summed E-state index contributed by atoms with van der Waals surface area (Å²) in [6.45, 7) is 2.75. The van der Waals surface area contributed by atoms with Crippen LogP contribution in [0.15, 0.2) is 0 Å². The van der Waals surface area contributed by atoms with E-state index in [-0.39, 0.29) is 17.4 Å². The minimum absolute atomic E-state index is 0.145. The zero-order chi connectivity index (χ0) is 14.0. The van der Waals surface area contributed by atoms with Crippen LogP contribution < -0.4 is 5.73 Å². The largest absolute Gasteiger partial charge is 0.465 e. The lowest BCUT2D eigenvalue weighted by atomic mass is 10.2. The first-order valence-electron chi connectivity index (χ1n) is 6.05. The van der Waals surface area contributed by atoms with Crippen molar-refractivity contribution in [2.75, 3.05) is 37.9 Å². The van der Waals surface area contributed by atoms with Crippen LogP contribution in [0.2, 0.25) is 0 Å². The number of rotatable bonds is 2. The molecular weight excluding hydrogens is 264 g/mol. The average Bonchev–Trinajstić information content (AvgIpc) is 2.38. The third-order valence-electron chi connectivity index (χ3n) is 3.22. The summed E-state index contributed by atoms with van der Waals surface area (Å²) in [5, 5.41) is 0. The Bertz CT molecular complexity index is 472. The number of carbonyl (C=O) groups excluding carboxylic acids is 1. The highest BCUT2D eigenvalue weighted by Gasteiger charge is 2.26. The maximum Gasteiger partial charge on any atom is 0.343 e. The van der Waals surface area contributed by atoms with Crippen LogP contribution >= 0.6 is 11.8 Å². The van der Waals surface area contributed by atoms with Crippen LogP contribution in [0.1, 0.15) is 27.9 Å². The number of ether oxygens (including phenoxy) is 1. The van der Waals surface area contributed by atoms with Gasteiger partial charge in [0.1, 0.15) is 17.2 Å². The van der Waals surface area contributed by atoms with E-state index >= 15 is 0 Å². The van der Waals surface area contributed by atoms with Crippen LogP contribution in [-0.4, -0.2) is 53.0 Å². The number of aromatic nitrogens is 2. The van der Waals surface area contributed by atoms with Gasteiger partial charge in [-0.25, -0.2) is 14.8 Å². The first-order chi connectivity index (χ1) is 9.04. The summed E-state index contributed by atoms with van der Waals surface area (Å²) in [5.74, 6) is 2.43. The predicted octanol–water partition coefficient (Wildman–Crippen LogP) is 0.874. The van der Waals surface area contributed by atoms with Crippen molar-refractivity contribution < 1.29 is 9.53 Å². The Morgan fingerprint density at radius 2 is 2.26 bits per heavy atom. The summed E-state index contributed by atoms with van der Waals surface area (Å²) >= 11 is 1.87. The number of hydrogen-bond acceptors (Lipinski definition) is 7. The Morgan fingerprint density at radius 3 is 2.84 bits per heavy atom. The van der Waals surface area contributed by atoms with Crippen molar-refractivity contribution in [1.82, 2.24) is 14.9 Å². The molecule has 0 radical (unpaired) electrons. The van der Waals surface area contributed by atoms with E-state index in [0.717, 1.165) is 18.1 Å². The van der Waals surface area contributed by atoms with Gasteiger partial charge in [0, 0.05) is 18.1 Å². The second-order valence-corrected chi connectivity index (χ2v) is 5.64. The van der Waals surface area contributed by atoms with Gasteiger partial charge in [-0.3, -0.25) is 4.90 Å². The van der Waals surface area contributed by atoms with E-state index in [1.54, 1.807) is 6.92 Å². The Hall–Kier alpha value is -1.34. The number of thioether (sulfide) groups is 1.